The molecule has 0 aromatic heterocycles. The number of carbonyl (C=O) groups is 1. The molecule has 0 heterocycles. The second kappa shape index (κ2) is 5.77. The van der Waals surface area contributed by atoms with Crippen LogP contribution in [0.5, 0.6) is 0 Å². The van der Waals surface area contributed by atoms with Gasteiger partial charge in [-0.25, -0.2) is 0 Å². The van der Waals surface area contributed by atoms with E-state index in [-0.39, 0.29) is 5.91 Å². The fourth-order valence-corrected chi connectivity index (χ4v) is 3.18. The van der Waals surface area contributed by atoms with Crippen molar-refractivity contribution >= 4 is 5.91 Å². The van der Waals surface area contributed by atoms with Crippen LogP contribution in [-0.4, -0.2) is 24.4 Å². The molecule has 0 bridgehead atoms. The summed E-state index contributed by atoms with van der Waals surface area (Å²) in [5.74, 6) is 0.164. The van der Waals surface area contributed by atoms with Gasteiger partial charge >= 0.3 is 0 Å². The van der Waals surface area contributed by atoms with Crippen LogP contribution in [0.1, 0.15) is 50.2 Å². The second-order valence-electron chi connectivity index (χ2n) is 6.04. The Hall–Kier alpha value is -1.31. The molecule has 104 valence electrons. The highest BCUT2D eigenvalue weighted by molar-refractivity contribution is 5.72. The summed E-state index contributed by atoms with van der Waals surface area (Å²) >= 11 is 0. The van der Waals surface area contributed by atoms with Crippen molar-refractivity contribution < 1.29 is 4.79 Å². The first-order valence-electron chi connectivity index (χ1n) is 7.32. The molecule has 1 aliphatic carbocycles. The molecule has 0 atom stereocenters. The molecule has 1 aromatic carbocycles. The topological polar surface area (TPSA) is 20.3 Å². The van der Waals surface area contributed by atoms with E-state index >= 15 is 0 Å². The van der Waals surface area contributed by atoms with Crippen molar-refractivity contribution in [3.05, 3.63) is 35.4 Å². The van der Waals surface area contributed by atoms with E-state index in [4.69, 9.17) is 0 Å². The summed E-state index contributed by atoms with van der Waals surface area (Å²) < 4.78 is 0. The number of nitrogens with zero attached hydrogens (tertiary/aromatic N) is 1. The smallest absolute Gasteiger partial charge is 0.219 e. The van der Waals surface area contributed by atoms with Gasteiger partial charge in [-0.1, -0.05) is 42.7 Å². The van der Waals surface area contributed by atoms with Gasteiger partial charge in [-0.3, -0.25) is 4.79 Å². The highest BCUT2D eigenvalue weighted by Gasteiger charge is 2.35. The van der Waals surface area contributed by atoms with Crippen molar-refractivity contribution in [2.45, 2.75) is 51.4 Å². The molecule has 1 aliphatic rings. The number of carbonyl (C=O) groups excluding carboxylic acids is 1. The highest BCUT2D eigenvalue weighted by atomic mass is 16.2. The standard InChI is InChI=1S/C17H25NO/c1-14-6-8-16(9-7-14)17(10-4-5-11-17)12-13-18(3)15(2)19/h6-9H,4-5,10-13H2,1-3H3. The number of rotatable bonds is 4. The van der Waals surface area contributed by atoms with Crippen LogP contribution in [0.3, 0.4) is 0 Å². The van der Waals surface area contributed by atoms with Crippen molar-refractivity contribution in [1.82, 2.24) is 4.90 Å². The molecular weight excluding hydrogens is 234 g/mol. The first-order chi connectivity index (χ1) is 9.03. The normalized spacial score (nSPS) is 17.4. The molecular formula is C17H25NO. The van der Waals surface area contributed by atoms with E-state index in [1.807, 2.05) is 11.9 Å². The van der Waals surface area contributed by atoms with Gasteiger partial charge in [0.15, 0.2) is 0 Å². The van der Waals surface area contributed by atoms with Crippen LogP contribution in [0, 0.1) is 6.92 Å². The lowest BCUT2D eigenvalue weighted by molar-refractivity contribution is -0.127. The Kier molecular flexibility index (Phi) is 4.28. The summed E-state index contributed by atoms with van der Waals surface area (Å²) in [6.07, 6.45) is 6.26. The number of amides is 1. The minimum atomic E-state index is 0.164. The van der Waals surface area contributed by atoms with Crippen LogP contribution in [0.2, 0.25) is 0 Å². The summed E-state index contributed by atoms with van der Waals surface area (Å²) in [6, 6.07) is 9.00. The lowest BCUT2D eigenvalue weighted by Gasteiger charge is -2.31. The van der Waals surface area contributed by atoms with Crippen LogP contribution in [0.4, 0.5) is 0 Å². The van der Waals surface area contributed by atoms with Crippen LogP contribution in [0.25, 0.3) is 0 Å². The summed E-state index contributed by atoms with van der Waals surface area (Å²) in [6.45, 7) is 4.64. The predicted molar refractivity (Wildman–Crippen MR) is 79.3 cm³/mol. The van der Waals surface area contributed by atoms with Gasteiger partial charge in [0, 0.05) is 20.5 Å². The second-order valence-corrected chi connectivity index (χ2v) is 6.04. The highest BCUT2D eigenvalue weighted by Crippen LogP contribution is 2.43. The van der Waals surface area contributed by atoms with Gasteiger partial charge in [-0.05, 0) is 37.2 Å². The van der Waals surface area contributed by atoms with Gasteiger partial charge in [0.05, 0.1) is 0 Å². The molecule has 19 heavy (non-hydrogen) atoms. The summed E-state index contributed by atoms with van der Waals surface area (Å²) in [5, 5.41) is 0. The third-order valence-corrected chi connectivity index (χ3v) is 4.69. The molecule has 0 spiro atoms. The lowest BCUT2D eigenvalue weighted by Crippen LogP contribution is -2.32. The molecule has 1 fully saturated rings. The zero-order valence-electron chi connectivity index (χ0n) is 12.4. The van der Waals surface area contributed by atoms with Gasteiger partial charge in [-0.2, -0.15) is 0 Å². The van der Waals surface area contributed by atoms with Gasteiger partial charge in [0.1, 0.15) is 0 Å². The molecule has 0 radical (unpaired) electrons. The maximum Gasteiger partial charge on any atom is 0.219 e. The molecule has 0 saturated heterocycles. The van der Waals surface area contributed by atoms with E-state index in [1.54, 1.807) is 6.92 Å². The number of aryl methyl sites for hydroxylation is 1. The number of hydrogen-bond acceptors (Lipinski definition) is 1. The van der Waals surface area contributed by atoms with E-state index < -0.39 is 0 Å². The first-order valence-corrected chi connectivity index (χ1v) is 7.32. The van der Waals surface area contributed by atoms with E-state index in [2.05, 4.69) is 31.2 Å². The lowest BCUT2D eigenvalue weighted by atomic mass is 9.76. The van der Waals surface area contributed by atoms with Crippen molar-refractivity contribution in [2.75, 3.05) is 13.6 Å². The molecule has 2 rings (SSSR count). The first kappa shape index (κ1) is 14.1. The van der Waals surface area contributed by atoms with E-state index in [0.717, 1.165) is 13.0 Å². The zero-order valence-corrected chi connectivity index (χ0v) is 12.4. The average Bonchev–Trinajstić information content (AvgIpc) is 2.86. The maximum atomic E-state index is 11.4. The van der Waals surface area contributed by atoms with E-state index in [1.165, 1.54) is 36.8 Å². The Morgan fingerprint density at radius 1 is 1.21 bits per heavy atom. The van der Waals surface area contributed by atoms with Crippen LogP contribution >= 0.6 is 0 Å². The monoisotopic (exact) mass is 259 g/mol. The Labute approximate surface area is 116 Å². The quantitative estimate of drug-likeness (QED) is 0.808. The van der Waals surface area contributed by atoms with Crippen LogP contribution in [0.15, 0.2) is 24.3 Å². The molecule has 2 nitrogen and oxygen atoms in total. The van der Waals surface area contributed by atoms with Gasteiger partial charge in [0.2, 0.25) is 5.91 Å². The van der Waals surface area contributed by atoms with Gasteiger partial charge in [-0.15, -0.1) is 0 Å². The van der Waals surface area contributed by atoms with E-state index in [0.29, 0.717) is 5.41 Å². The zero-order chi connectivity index (χ0) is 13.9. The third kappa shape index (κ3) is 3.17. The largest absolute Gasteiger partial charge is 0.346 e. The van der Waals surface area contributed by atoms with Crippen molar-refractivity contribution in [2.24, 2.45) is 0 Å². The molecule has 0 aliphatic heterocycles. The van der Waals surface area contributed by atoms with Gasteiger partial charge in [0.25, 0.3) is 0 Å². The van der Waals surface area contributed by atoms with Crippen molar-refractivity contribution in [3.8, 4) is 0 Å². The Morgan fingerprint density at radius 3 is 2.32 bits per heavy atom. The number of hydrogen-bond donors (Lipinski definition) is 0. The van der Waals surface area contributed by atoms with Gasteiger partial charge < -0.3 is 4.90 Å². The molecule has 1 saturated carbocycles. The minimum absolute atomic E-state index is 0.164. The van der Waals surface area contributed by atoms with Crippen LogP contribution in [-0.2, 0) is 10.2 Å². The van der Waals surface area contributed by atoms with Crippen molar-refractivity contribution in [1.29, 1.82) is 0 Å². The number of benzene rings is 1. The fraction of sp³-hybridized carbons (Fsp3) is 0.588. The molecule has 0 N–H and O–H groups in total. The summed E-state index contributed by atoms with van der Waals surface area (Å²) in [4.78, 5) is 13.2. The van der Waals surface area contributed by atoms with E-state index in [9.17, 15) is 4.79 Å². The Morgan fingerprint density at radius 2 is 1.79 bits per heavy atom. The molecule has 2 heteroatoms. The maximum absolute atomic E-state index is 11.4. The Balaban J connectivity index is 2.14. The molecule has 1 amide bonds. The predicted octanol–water partition coefficient (Wildman–Crippen LogP) is 3.68. The Bertz CT molecular complexity index is 429. The molecule has 0 unspecified atom stereocenters. The average molecular weight is 259 g/mol. The molecule has 1 aromatic rings. The summed E-state index contributed by atoms with van der Waals surface area (Å²) in [5.41, 5.74) is 3.09. The third-order valence-electron chi connectivity index (χ3n) is 4.69. The minimum Gasteiger partial charge on any atom is -0.346 e. The van der Waals surface area contributed by atoms with Crippen molar-refractivity contribution in [3.63, 3.8) is 0 Å². The fourth-order valence-electron chi connectivity index (χ4n) is 3.18. The van der Waals surface area contributed by atoms with Crippen LogP contribution < -0.4 is 0 Å². The SMILES string of the molecule is CC(=O)N(C)CCC1(c2ccc(C)cc2)CCCC1. The summed E-state index contributed by atoms with van der Waals surface area (Å²) in [7, 11) is 1.90.